The first-order valence-electron chi connectivity index (χ1n) is 24.9. The summed E-state index contributed by atoms with van der Waals surface area (Å²) in [5, 5.41) is 6.96. The highest BCUT2D eigenvalue weighted by atomic mass is 35.5. The molecule has 4 amide bonds. The summed E-state index contributed by atoms with van der Waals surface area (Å²) in [5.74, 6) is -4.38. The number of benzene rings is 1. The summed E-state index contributed by atoms with van der Waals surface area (Å²) in [6.45, 7) is 9.93. The quantitative estimate of drug-likeness (QED) is 0.0955. The Morgan fingerprint density at radius 3 is 2.51 bits per heavy atom. The van der Waals surface area contributed by atoms with Crippen LogP contribution in [0.4, 0.5) is 23.2 Å². The third-order valence-corrected chi connectivity index (χ3v) is 15.4. The molecule has 0 radical (unpaired) electrons. The number of esters is 1. The summed E-state index contributed by atoms with van der Waals surface area (Å²) in [6.07, 6.45) is -2.51. The zero-order valence-corrected chi connectivity index (χ0v) is 44.2. The zero-order valence-electron chi connectivity index (χ0n) is 42.6. The van der Waals surface area contributed by atoms with Gasteiger partial charge in [0.2, 0.25) is 11.8 Å². The molecule has 6 bridgehead atoms. The highest BCUT2D eigenvalue weighted by Gasteiger charge is 2.42. The fraction of sp³-hybridized carbons (Fsp3) is 0.588. The van der Waals surface area contributed by atoms with Gasteiger partial charge < -0.3 is 38.8 Å². The highest BCUT2D eigenvalue weighted by Crippen LogP contribution is 2.44. The number of anilines is 1. The van der Waals surface area contributed by atoms with E-state index in [0.717, 1.165) is 0 Å². The van der Waals surface area contributed by atoms with Crippen molar-refractivity contribution in [2.45, 2.75) is 109 Å². The minimum absolute atomic E-state index is 0.0686. The number of likely N-dealkylation sites (N-methyl/N-ethyl adjacent to an activating group) is 1. The summed E-state index contributed by atoms with van der Waals surface area (Å²) < 4.78 is 77.4. The summed E-state index contributed by atoms with van der Waals surface area (Å²) >= 11 is 6.63. The van der Waals surface area contributed by atoms with Crippen LogP contribution in [0.2, 0.25) is 0 Å². The van der Waals surface area contributed by atoms with E-state index in [-0.39, 0.29) is 45.5 Å². The summed E-state index contributed by atoms with van der Waals surface area (Å²) in [7, 11) is 2.99. The van der Waals surface area contributed by atoms with E-state index >= 15 is 0 Å². The number of carbonyl (C=O) groups excluding carboxylic acids is 5. The first-order chi connectivity index (χ1) is 35.0. The van der Waals surface area contributed by atoms with E-state index in [0.29, 0.717) is 94.5 Å². The number of cyclic esters (lactones) is 1. The number of halogens is 5. The van der Waals surface area contributed by atoms with Gasteiger partial charge in [-0.1, -0.05) is 45.4 Å². The first-order valence-corrected chi connectivity index (χ1v) is 26.3. The number of ether oxygens (including phenoxy) is 3. The molecule has 74 heavy (non-hydrogen) atoms. The maximum absolute atomic E-state index is 15.0. The molecule has 3 fully saturated rings. The predicted octanol–water partition coefficient (Wildman–Crippen LogP) is 6.45. The van der Waals surface area contributed by atoms with Crippen molar-refractivity contribution in [1.29, 1.82) is 0 Å². The summed E-state index contributed by atoms with van der Waals surface area (Å²) in [4.78, 5) is 83.7. The van der Waals surface area contributed by atoms with Gasteiger partial charge in [0.25, 0.3) is 17.4 Å². The lowest BCUT2D eigenvalue weighted by atomic mass is 9.84. The van der Waals surface area contributed by atoms with Crippen LogP contribution in [0.5, 0.6) is 0 Å². The summed E-state index contributed by atoms with van der Waals surface area (Å²) in [6, 6.07) is 3.77. The molecule has 3 aromatic heterocycles. The van der Waals surface area contributed by atoms with Gasteiger partial charge in [-0.2, -0.15) is 13.2 Å². The Hall–Kier alpha value is -5.42. The first kappa shape index (κ1) is 54.8. The Labute approximate surface area is 436 Å². The fourth-order valence-electron chi connectivity index (χ4n) is 10.5. The van der Waals surface area contributed by atoms with Crippen LogP contribution >= 0.6 is 22.9 Å². The zero-order chi connectivity index (χ0) is 53.4. The molecule has 2 N–H and O–H groups in total. The molecule has 23 heteroatoms. The number of pyridine rings is 1. The topological polar surface area (TPSA) is 181 Å². The monoisotopic (exact) mass is 1070 g/mol. The average Bonchev–Trinajstić information content (AvgIpc) is 4.12. The molecule has 7 heterocycles. The molecule has 4 aliphatic rings. The third kappa shape index (κ3) is 12.0. The van der Waals surface area contributed by atoms with E-state index < -0.39 is 89.4 Å². The van der Waals surface area contributed by atoms with E-state index in [9.17, 15) is 41.5 Å². The molecule has 1 aromatic carbocycles. The standard InChI is InChI=1S/C51H64ClF4N9O8S/c1-28(2)42(61(6)46(67)31-12-14-63(24-31)48(69)44(52)53)45(66)59-37-21-40-58-38(25-74-40)30-10-11-39-33(19-30)35(22-50(4,5)27-73-49(70)36-9-8-13-65(60-36)47(37)68)43(64(39)26-51(54,55)56)34-20-32(62-15-17-72-18-16-62)23-57-41(34)29(3)71-7/h10-11,19-20,23,25,28-29,31,36-37,42,44,60H,8-9,12-18,21-22,24,26-27H2,1-7H3,(H,59,66). The lowest BCUT2D eigenvalue weighted by Crippen LogP contribution is -2.62. The van der Waals surface area contributed by atoms with Gasteiger partial charge in [0.05, 0.1) is 65.8 Å². The molecule has 6 unspecified atom stereocenters. The molecule has 0 spiro atoms. The second kappa shape index (κ2) is 22.4. The third-order valence-electron chi connectivity index (χ3n) is 14.3. The van der Waals surface area contributed by atoms with Gasteiger partial charge >= 0.3 is 12.1 Å². The lowest BCUT2D eigenvalue weighted by molar-refractivity contribution is -0.155. The molecule has 3 saturated heterocycles. The van der Waals surface area contributed by atoms with E-state index in [1.165, 1.54) is 44.9 Å². The number of fused-ring (bicyclic) bond motifs is 6. The maximum Gasteiger partial charge on any atom is 0.406 e. The Morgan fingerprint density at radius 1 is 1.08 bits per heavy atom. The van der Waals surface area contributed by atoms with Crippen LogP contribution in [0.25, 0.3) is 33.4 Å². The molecular weight excluding hydrogens is 1010 g/mol. The van der Waals surface area contributed by atoms with Gasteiger partial charge in [-0.25, -0.2) is 14.8 Å². The minimum Gasteiger partial charge on any atom is -0.464 e. The SMILES string of the molecule is COC(C)c1ncc(N2CCOCC2)cc1-c1c2c3cc(ccc3n1CC(F)(F)F)-c1csc(n1)CC(NC(=O)C(C(C)C)N(C)C(=O)C1CCN(C(=O)C(F)Cl)C1)C(=O)N1CCCC(N1)C(=O)OCC(C)(C)C2. The van der Waals surface area contributed by atoms with Crippen molar-refractivity contribution in [2.75, 3.05) is 71.6 Å². The highest BCUT2D eigenvalue weighted by molar-refractivity contribution is 7.10. The molecule has 4 aliphatic heterocycles. The number of nitrogens with zero attached hydrogens (tertiary/aromatic N) is 7. The number of rotatable bonds is 11. The van der Waals surface area contributed by atoms with Crippen molar-refractivity contribution in [2.24, 2.45) is 17.3 Å². The molecule has 0 saturated carbocycles. The maximum atomic E-state index is 15.0. The largest absolute Gasteiger partial charge is 0.464 e. The van der Waals surface area contributed by atoms with Crippen LogP contribution in [0, 0.1) is 17.3 Å². The molecule has 6 atom stereocenters. The van der Waals surface area contributed by atoms with Crippen molar-refractivity contribution in [3.8, 4) is 22.5 Å². The van der Waals surface area contributed by atoms with Crippen LogP contribution < -0.4 is 15.6 Å². The van der Waals surface area contributed by atoms with Gasteiger partial charge in [-0.05, 0) is 62.3 Å². The average molecular weight is 1070 g/mol. The fourth-order valence-corrected chi connectivity index (χ4v) is 11.5. The Kier molecular flexibility index (Phi) is 16.6. The Bertz CT molecular complexity index is 2750. The van der Waals surface area contributed by atoms with Gasteiger partial charge in [0, 0.05) is 86.1 Å². The number of nitrogens with one attached hydrogen (secondary N) is 2. The number of methoxy groups -OCH3 is 1. The number of aromatic nitrogens is 3. The number of hydrogen-bond donors (Lipinski definition) is 2. The number of hydrogen-bond acceptors (Lipinski definition) is 13. The molecule has 8 rings (SSSR count). The van der Waals surface area contributed by atoms with Crippen molar-refractivity contribution < 1.29 is 55.7 Å². The Morgan fingerprint density at radius 2 is 1.82 bits per heavy atom. The van der Waals surface area contributed by atoms with Crippen LogP contribution in [-0.2, 0) is 57.6 Å². The number of morpholine rings is 1. The summed E-state index contributed by atoms with van der Waals surface area (Å²) in [5.41, 5.74) is 3.82. The molecule has 17 nitrogen and oxygen atoms in total. The van der Waals surface area contributed by atoms with Crippen molar-refractivity contribution in [3.63, 3.8) is 0 Å². The second-order valence-electron chi connectivity index (χ2n) is 20.7. The normalized spacial score (nSPS) is 22.1. The number of thiazole rings is 1. The second-order valence-corrected chi connectivity index (χ2v) is 22.1. The van der Waals surface area contributed by atoms with E-state index in [1.54, 1.807) is 44.5 Å². The molecular formula is C51H64ClF4N9O8S. The van der Waals surface area contributed by atoms with Crippen LogP contribution in [0.3, 0.4) is 0 Å². The number of hydrazine groups is 1. The lowest BCUT2D eigenvalue weighted by Gasteiger charge is -2.37. The number of amides is 4. The molecule has 402 valence electrons. The van der Waals surface area contributed by atoms with Crippen molar-refractivity contribution in [3.05, 3.63) is 52.1 Å². The molecule has 0 aliphatic carbocycles. The van der Waals surface area contributed by atoms with E-state index in [4.69, 9.17) is 35.8 Å². The van der Waals surface area contributed by atoms with Gasteiger partial charge in [0.15, 0.2) is 0 Å². The van der Waals surface area contributed by atoms with Gasteiger partial charge in [-0.3, -0.25) is 34.0 Å². The van der Waals surface area contributed by atoms with Crippen molar-refractivity contribution >= 4 is 69.1 Å². The van der Waals surface area contributed by atoms with Crippen LogP contribution in [0.15, 0.2) is 35.8 Å². The Balaban J connectivity index is 1.21. The van der Waals surface area contributed by atoms with Crippen LogP contribution in [0.1, 0.15) is 76.3 Å². The molecule has 4 aromatic rings. The van der Waals surface area contributed by atoms with Gasteiger partial charge in [0.1, 0.15) is 24.7 Å². The van der Waals surface area contributed by atoms with Crippen LogP contribution in [-0.4, -0.2) is 156 Å². The number of alkyl halides is 5. The van der Waals surface area contributed by atoms with Crippen molar-refractivity contribution in [1.82, 2.24) is 40.1 Å². The number of carbonyl (C=O) groups is 5. The minimum atomic E-state index is -4.64. The number of likely N-dealkylation sites (tertiary alicyclic amines) is 1. The van der Waals surface area contributed by atoms with Gasteiger partial charge in [-0.15, -0.1) is 11.3 Å². The smallest absolute Gasteiger partial charge is 0.406 e. The van der Waals surface area contributed by atoms with E-state index in [1.807, 2.05) is 26.0 Å². The van der Waals surface area contributed by atoms with E-state index in [2.05, 4.69) is 15.6 Å². The predicted molar refractivity (Wildman–Crippen MR) is 270 cm³/mol.